The summed E-state index contributed by atoms with van der Waals surface area (Å²) < 4.78 is 0. The minimum atomic E-state index is -0.508. The zero-order valence-corrected chi connectivity index (χ0v) is 15.5. The molecule has 0 spiro atoms. The van der Waals surface area contributed by atoms with Crippen molar-refractivity contribution in [1.82, 2.24) is 10.2 Å². The van der Waals surface area contributed by atoms with Gasteiger partial charge < -0.3 is 15.5 Å². The zero-order chi connectivity index (χ0) is 20.0. The number of nitro groups is 1. The molecule has 2 aromatic rings. The molecule has 2 rings (SSSR count). The standard InChI is InChI=1S/C19H22N4O4/c1-4-21-16-10-9-15(11-17(16)23(26)27)19(25)22(3)12-13-5-7-14(8-6-13)18(24)20-2/h5-11,21H,4,12H2,1-3H3,(H,20,24). The van der Waals surface area contributed by atoms with Crippen molar-refractivity contribution >= 4 is 23.2 Å². The molecule has 27 heavy (non-hydrogen) atoms. The van der Waals surface area contributed by atoms with Gasteiger partial charge in [-0.2, -0.15) is 0 Å². The molecule has 2 amide bonds. The quantitative estimate of drug-likeness (QED) is 0.576. The minimum absolute atomic E-state index is 0.133. The number of hydrogen-bond donors (Lipinski definition) is 2. The first kappa shape index (κ1) is 19.9. The molecule has 0 radical (unpaired) electrons. The average Bonchev–Trinajstić information content (AvgIpc) is 2.67. The molecule has 0 saturated carbocycles. The van der Waals surface area contributed by atoms with Gasteiger partial charge in [-0.05, 0) is 36.8 Å². The summed E-state index contributed by atoms with van der Waals surface area (Å²) in [5.41, 5.74) is 1.87. The van der Waals surface area contributed by atoms with Crippen LogP contribution in [0.1, 0.15) is 33.2 Å². The van der Waals surface area contributed by atoms with Gasteiger partial charge in [0.15, 0.2) is 0 Å². The van der Waals surface area contributed by atoms with E-state index in [9.17, 15) is 19.7 Å². The molecule has 0 bridgehead atoms. The van der Waals surface area contributed by atoms with Crippen molar-refractivity contribution in [3.63, 3.8) is 0 Å². The number of rotatable bonds is 7. The normalized spacial score (nSPS) is 10.2. The molecule has 0 heterocycles. The van der Waals surface area contributed by atoms with Crippen LogP contribution in [-0.4, -0.2) is 42.3 Å². The van der Waals surface area contributed by atoms with Crippen LogP contribution in [0.2, 0.25) is 0 Å². The fourth-order valence-electron chi connectivity index (χ4n) is 2.63. The van der Waals surface area contributed by atoms with E-state index in [1.54, 1.807) is 50.5 Å². The number of hydrogen-bond acceptors (Lipinski definition) is 5. The van der Waals surface area contributed by atoms with Crippen molar-refractivity contribution in [2.45, 2.75) is 13.5 Å². The number of nitrogens with zero attached hydrogens (tertiary/aromatic N) is 2. The van der Waals surface area contributed by atoms with E-state index < -0.39 is 4.92 Å². The first-order valence-electron chi connectivity index (χ1n) is 8.46. The van der Waals surface area contributed by atoms with Crippen molar-refractivity contribution in [2.75, 3.05) is 26.0 Å². The molecule has 0 aliphatic rings. The third kappa shape index (κ3) is 4.81. The van der Waals surface area contributed by atoms with E-state index in [1.807, 2.05) is 6.92 Å². The molecule has 2 N–H and O–H groups in total. The Bertz CT molecular complexity index is 849. The number of carbonyl (C=O) groups is 2. The van der Waals surface area contributed by atoms with Crippen LogP contribution in [-0.2, 0) is 6.54 Å². The second kappa shape index (κ2) is 8.79. The molecular weight excluding hydrogens is 348 g/mol. The van der Waals surface area contributed by atoms with Crippen LogP contribution in [0.4, 0.5) is 11.4 Å². The Hall–Kier alpha value is -3.42. The molecular formula is C19H22N4O4. The van der Waals surface area contributed by atoms with Gasteiger partial charge in [-0.1, -0.05) is 12.1 Å². The van der Waals surface area contributed by atoms with Gasteiger partial charge >= 0.3 is 0 Å². The number of nitrogens with one attached hydrogen (secondary N) is 2. The predicted molar refractivity (Wildman–Crippen MR) is 103 cm³/mol. The van der Waals surface area contributed by atoms with Crippen molar-refractivity contribution in [2.24, 2.45) is 0 Å². The first-order chi connectivity index (χ1) is 12.9. The lowest BCUT2D eigenvalue weighted by atomic mass is 10.1. The molecule has 8 heteroatoms. The van der Waals surface area contributed by atoms with Gasteiger partial charge in [0, 0.05) is 44.4 Å². The summed E-state index contributed by atoms with van der Waals surface area (Å²) in [7, 11) is 3.18. The molecule has 0 fully saturated rings. The number of nitro benzene ring substituents is 1. The van der Waals surface area contributed by atoms with Gasteiger partial charge in [0.1, 0.15) is 5.69 Å². The Morgan fingerprint density at radius 2 is 1.74 bits per heavy atom. The summed E-state index contributed by atoms with van der Waals surface area (Å²) in [4.78, 5) is 36.4. The van der Waals surface area contributed by atoms with E-state index in [-0.39, 0.29) is 23.1 Å². The summed E-state index contributed by atoms with van der Waals surface area (Å²) in [6.07, 6.45) is 0. The number of anilines is 1. The van der Waals surface area contributed by atoms with E-state index in [0.717, 1.165) is 5.56 Å². The zero-order valence-electron chi connectivity index (χ0n) is 15.5. The maximum atomic E-state index is 12.6. The Kier molecular flexibility index (Phi) is 6.48. The van der Waals surface area contributed by atoms with Crippen molar-refractivity contribution in [3.8, 4) is 0 Å². The highest BCUT2D eigenvalue weighted by molar-refractivity contribution is 5.96. The predicted octanol–water partition coefficient (Wildman–Crippen LogP) is 2.66. The number of carbonyl (C=O) groups excluding carboxylic acids is 2. The molecule has 0 aliphatic heterocycles. The highest BCUT2D eigenvalue weighted by atomic mass is 16.6. The Morgan fingerprint density at radius 3 is 2.30 bits per heavy atom. The van der Waals surface area contributed by atoms with Gasteiger partial charge in [-0.3, -0.25) is 19.7 Å². The SMILES string of the molecule is CCNc1ccc(C(=O)N(C)Cc2ccc(C(=O)NC)cc2)cc1[N+](=O)[O-]. The highest BCUT2D eigenvalue weighted by Crippen LogP contribution is 2.26. The smallest absolute Gasteiger partial charge is 0.293 e. The molecule has 0 atom stereocenters. The van der Waals surface area contributed by atoms with Gasteiger partial charge in [-0.15, -0.1) is 0 Å². The summed E-state index contributed by atoms with van der Waals surface area (Å²) in [6.45, 7) is 2.70. The monoisotopic (exact) mass is 370 g/mol. The third-order valence-corrected chi connectivity index (χ3v) is 4.02. The van der Waals surface area contributed by atoms with E-state index >= 15 is 0 Å². The number of benzene rings is 2. The molecule has 0 unspecified atom stereocenters. The highest BCUT2D eigenvalue weighted by Gasteiger charge is 2.19. The topological polar surface area (TPSA) is 105 Å². The van der Waals surface area contributed by atoms with Crippen LogP contribution >= 0.6 is 0 Å². The summed E-state index contributed by atoms with van der Waals surface area (Å²) in [5, 5.41) is 16.7. The second-order valence-electron chi connectivity index (χ2n) is 5.96. The Labute approximate surface area is 157 Å². The summed E-state index contributed by atoms with van der Waals surface area (Å²) in [5.74, 6) is -0.504. The fraction of sp³-hybridized carbons (Fsp3) is 0.263. The van der Waals surface area contributed by atoms with Crippen LogP contribution < -0.4 is 10.6 Å². The largest absolute Gasteiger partial charge is 0.380 e. The van der Waals surface area contributed by atoms with Gasteiger partial charge in [-0.25, -0.2) is 0 Å². The lowest BCUT2D eigenvalue weighted by Crippen LogP contribution is -2.26. The molecule has 0 aliphatic carbocycles. The minimum Gasteiger partial charge on any atom is -0.380 e. The van der Waals surface area contributed by atoms with Crippen LogP contribution in [0.5, 0.6) is 0 Å². The Balaban J connectivity index is 2.16. The molecule has 142 valence electrons. The average molecular weight is 370 g/mol. The van der Waals surface area contributed by atoms with Crippen LogP contribution in [0.15, 0.2) is 42.5 Å². The molecule has 0 aromatic heterocycles. The van der Waals surface area contributed by atoms with E-state index in [4.69, 9.17) is 0 Å². The first-order valence-corrected chi connectivity index (χ1v) is 8.46. The van der Waals surface area contributed by atoms with E-state index in [2.05, 4.69) is 10.6 Å². The van der Waals surface area contributed by atoms with E-state index in [1.165, 1.54) is 11.0 Å². The van der Waals surface area contributed by atoms with Gasteiger partial charge in [0.25, 0.3) is 17.5 Å². The lowest BCUT2D eigenvalue weighted by molar-refractivity contribution is -0.384. The maximum absolute atomic E-state index is 12.6. The van der Waals surface area contributed by atoms with Crippen LogP contribution in [0, 0.1) is 10.1 Å². The molecule has 0 saturated heterocycles. The van der Waals surface area contributed by atoms with Crippen LogP contribution in [0.25, 0.3) is 0 Å². The Morgan fingerprint density at radius 1 is 1.11 bits per heavy atom. The van der Waals surface area contributed by atoms with Crippen molar-refractivity contribution in [1.29, 1.82) is 0 Å². The van der Waals surface area contributed by atoms with Crippen molar-refractivity contribution < 1.29 is 14.5 Å². The molecule has 2 aromatic carbocycles. The molecule has 8 nitrogen and oxygen atoms in total. The second-order valence-corrected chi connectivity index (χ2v) is 5.96. The third-order valence-electron chi connectivity index (χ3n) is 4.02. The summed E-state index contributed by atoms with van der Waals surface area (Å²) >= 11 is 0. The van der Waals surface area contributed by atoms with Crippen LogP contribution in [0.3, 0.4) is 0 Å². The van der Waals surface area contributed by atoms with Gasteiger partial charge in [0.2, 0.25) is 0 Å². The van der Waals surface area contributed by atoms with E-state index in [0.29, 0.717) is 24.3 Å². The number of amides is 2. The fourth-order valence-corrected chi connectivity index (χ4v) is 2.63. The van der Waals surface area contributed by atoms with Gasteiger partial charge in [0.05, 0.1) is 4.92 Å². The lowest BCUT2D eigenvalue weighted by Gasteiger charge is -2.18. The maximum Gasteiger partial charge on any atom is 0.293 e. The van der Waals surface area contributed by atoms with Crippen molar-refractivity contribution in [3.05, 3.63) is 69.3 Å². The summed E-state index contributed by atoms with van der Waals surface area (Å²) in [6, 6.07) is 11.3.